The molecule has 0 aromatic heterocycles. The Morgan fingerprint density at radius 1 is 1.12 bits per heavy atom. The Bertz CT molecular complexity index is 1210. The Morgan fingerprint density at radius 3 is 2.56 bits per heavy atom. The number of methoxy groups -OCH3 is 1. The van der Waals surface area contributed by atoms with Gasteiger partial charge in [-0.15, -0.1) is 0 Å². The van der Waals surface area contributed by atoms with Crippen LogP contribution < -0.4 is 14.8 Å². The van der Waals surface area contributed by atoms with E-state index in [9.17, 15) is 18.4 Å². The van der Waals surface area contributed by atoms with Gasteiger partial charge in [0.2, 0.25) is 0 Å². The summed E-state index contributed by atoms with van der Waals surface area (Å²) in [7, 11) is 1.58. The predicted octanol–water partition coefficient (Wildman–Crippen LogP) is 4.93. The van der Waals surface area contributed by atoms with Gasteiger partial charge in [-0.25, -0.2) is 8.78 Å². The van der Waals surface area contributed by atoms with Crippen molar-refractivity contribution < 1.29 is 27.8 Å². The number of anilines is 1. The normalized spacial score (nSPS) is 15.2. The van der Waals surface area contributed by atoms with Gasteiger partial charge in [-0.05, 0) is 54.4 Å². The first-order valence-corrected chi connectivity index (χ1v) is 10.9. The van der Waals surface area contributed by atoms with Gasteiger partial charge < -0.3 is 19.7 Å². The molecule has 8 heteroatoms. The molecule has 0 fully saturated rings. The van der Waals surface area contributed by atoms with E-state index in [-0.39, 0.29) is 12.5 Å². The number of amides is 2. The number of fused-ring (bicyclic) bond motifs is 1. The third-order valence-electron chi connectivity index (χ3n) is 5.60. The van der Waals surface area contributed by atoms with E-state index in [1.807, 2.05) is 31.2 Å². The quantitative estimate of drug-likeness (QED) is 0.560. The molecular formula is C26H24F2N2O4. The highest BCUT2D eigenvalue weighted by Crippen LogP contribution is 2.31. The van der Waals surface area contributed by atoms with Crippen LogP contribution in [0.3, 0.4) is 0 Å². The fourth-order valence-electron chi connectivity index (χ4n) is 3.88. The van der Waals surface area contributed by atoms with Crippen LogP contribution in [0.15, 0.2) is 60.7 Å². The molecule has 1 unspecified atom stereocenters. The largest absolute Gasteiger partial charge is 0.497 e. The Kier molecular flexibility index (Phi) is 6.77. The molecule has 1 heterocycles. The van der Waals surface area contributed by atoms with Crippen molar-refractivity contribution in [1.82, 2.24) is 4.90 Å². The summed E-state index contributed by atoms with van der Waals surface area (Å²) in [5.41, 5.74) is 1.23. The molecule has 6 nitrogen and oxygen atoms in total. The van der Waals surface area contributed by atoms with Gasteiger partial charge in [0.15, 0.2) is 6.10 Å². The first-order valence-electron chi connectivity index (χ1n) is 10.9. The number of nitrogens with one attached hydrogen (secondary N) is 1. The SMILES string of the molecule is CCC1Oc2ccc(NC(=O)c3c(F)cccc3F)cc2CN(Cc2cccc(OC)c2)C1=O. The maximum absolute atomic E-state index is 14.0. The van der Waals surface area contributed by atoms with Crippen molar-refractivity contribution in [2.24, 2.45) is 0 Å². The second-order valence-electron chi connectivity index (χ2n) is 7.93. The molecule has 0 spiro atoms. The van der Waals surface area contributed by atoms with Crippen LogP contribution in [0.2, 0.25) is 0 Å². The first-order chi connectivity index (χ1) is 16.4. The van der Waals surface area contributed by atoms with Crippen LogP contribution in [0, 0.1) is 11.6 Å². The van der Waals surface area contributed by atoms with E-state index in [1.54, 1.807) is 30.2 Å². The van der Waals surface area contributed by atoms with Gasteiger partial charge >= 0.3 is 0 Å². The maximum atomic E-state index is 14.0. The number of rotatable bonds is 6. The van der Waals surface area contributed by atoms with Gasteiger partial charge in [-0.3, -0.25) is 9.59 Å². The zero-order chi connectivity index (χ0) is 24.2. The average molecular weight is 466 g/mol. The van der Waals surface area contributed by atoms with Crippen LogP contribution in [0.5, 0.6) is 11.5 Å². The standard InChI is InChI=1S/C26H24F2N2O4/c1-3-22-26(32)30(14-16-6-4-7-19(12-16)33-2)15-17-13-18(10-11-23(17)34-22)29-25(31)24-20(27)8-5-9-21(24)28/h4-13,22H,3,14-15H2,1-2H3,(H,29,31). The van der Waals surface area contributed by atoms with Crippen LogP contribution >= 0.6 is 0 Å². The lowest BCUT2D eigenvalue weighted by Crippen LogP contribution is -2.38. The number of ether oxygens (including phenoxy) is 2. The molecule has 3 aromatic rings. The minimum atomic E-state index is -0.948. The molecule has 1 aliphatic rings. The second kappa shape index (κ2) is 9.91. The summed E-state index contributed by atoms with van der Waals surface area (Å²) in [6, 6.07) is 15.6. The summed E-state index contributed by atoms with van der Waals surface area (Å²) >= 11 is 0. The van der Waals surface area contributed by atoms with Crippen molar-refractivity contribution in [2.75, 3.05) is 12.4 Å². The van der Waals surface area contributed by atoms with E-state index < -0.39 is 29.2 Å². The molecule has 1 N–H and O–H groups in total. The van der Waals surface area contributed by atoms with Crippen molar-refractivity contribution in [2.45, 2.75) is 32.5 Å². The fourth-order valence-corrected chi connectivity index (χ4v) is 3.88. The lowest BCUT2D eigenvalue weighted by molar-refractivity contribution is -0.139. The number of nitrogens with zero attached hydrogens (tertiary/aromatic N) is 1. The second-order valence-corrected chi connectivity index (χ2v) is 7.93. The summed E-state index contributed by atoms with van der Waals surface area (Å²) in [6.45, 7) is 2.45. The van der Waals surface area contributed by atoms with Gasteiger partial charge in [0.25, 0.3) is 11.8 Å². The highest BCUT2D eigenvalue weighted by atomic mass is 19.1. The summed E-state index contributed by atoms with van der Waals surface area (Å²) in [4.78, 5) is 27.3. The van der Waals surface area contributed by atoms with Crippen molar-refractivity contribution in [3.05, 3.63) is 89.0 Å². The van der Waals surface area contributed by atoms with Gasteiger partial charge in [0.1, 0.15) is 28.7 Å². The molecule has 176 valence electrons. The van der Waals surface area contributed by atoms with Crippen LogP contribution in [-0.2, 0) is 17.9 Å². The maximum Gasteiger partial charge on any atom is 0.264 e. The molecule has 0 radical (unpaired) electrons. The van der Waals surface area contributed by atoms with Crippen molar-refractivity contribution in [3.8, 4) is 11.5 Å². The summed E-state index contributed by atoms with van der Waals surface area (Å²) in [5, 5.41) is 2.53. The monoisotopic (exact) mass is 466 g/mol. The van der Waals surface area contributed by atoms with E-state index in [4.69, 9.17) is 9.47 Å². The van der Waals surface area contributed by atoms with Crippen molar-refractivity contribution in [3.63, 3.8) is 0 Å². The zero-order valence-electron chi connectivity index (χ0n) is 18.8. The van der Waals surface area contributed by atoms with Crippen LogP contribution in [0.25, 0.3) is 0 Å². The lowest BCUT2D eigenvalue weighted by atomic mass is 10.1. The number of hydrogen-bond acceptors (Lipinski definition) is 4. The van der Waals surface area contributed by atoms with Gasteiger partial charge in [-0.1, -0.05) is 25.1 Å². The van der Waals surface area contributed by atoms with E-state index in [1.165, 1.54) is 6.07 Å². The smallest absolute Gasteiger partial charge is 0.264 e. The Labute approximate surface area is 196 Å². The topological polar surface area (TPSA) is 67.9 Å². The number of benzene rings is 3. The van der Waals surface area contributed by atoms with Gasteiger partial charge in [-0.2, -0.15) is 0 Å². The molecule has 4 rings (SSSR count). The molecule has 34 heavy (non-hydrogen) atoms. The highest BCUT2D eigenvalue weighted by molar-refractivity contribution is 6.04. The molecule has 0 saturated heterocycles. The van der Waals surface area contributed by atoms with Crippen LogP contribution in [-0.4, -0.2) is 29.9 Å². The number of hydrogen-bond donors (Lipinski definition) is 1. The Balaban J connectivity index is 1.61. The molecule has 0 bridgehead atoms. The first kappa shape index (κ1) is 23.2. The van der Waals surface area contributed by atoms with E-state index in [0.29, 0.717) is 35.7 Å². The predicted molar refractivity (Wildman–Crippen MR) is 123 cm³/mol. The van der Waals surface area contributed by atoms with Gasteiger partial charge in [0.05, 0.1) is 7.11 Å². The highest BCUT2D eigenvalue weighted by Gasteiger charge is 2.30. The summed E-state index contributed by atoms with van der Waals surface area (Å²) < 4.78 is 39.2. The van der Waals surface area contributed by atoms with E-state index in [2.05, 4.69) is 5.32 Å². The van der Waals surface area contributed by atoms with Gasteiger partial charge in [0, 0.05) is 24.3 Å². The molecule has 0 saturated carbocycles. The third-order valence-corrected chi connectivity index (χ3v) is 5.60. The zero-order valence-corrected chi connectivity index (χ0v) is 18.8. The summed E-state index contributed by atoms with van der Waals surface area (Å²) in [5.74, 6) is -1.74. The molecule has 0 aliphatic carbocycles. The van der Waals surface area contributed by atoms with Crippen LogP contribution in [0.4, 0.5) is 14.5 Å². The number of carbonyl (C=O) groups is 2. The molecule has 3 aromatic carbocycles. The fraction of sp³-hybridized carbons (Fsp3) is 0.231. The lowest BCUT2D eigenvalue weighted by Gasteiger charge is -2.23. The molecule has 1 atom stereocenters. The van der Waals surface area contributed by atoms with E-state index in [0.717, 1.165) is 17.7 Å². The number of carbonyl (C=O) groups excluding carboxylic acids is 2. The minimum Gasteiger partial charge on any atom is -0.497 e. The molecular weight excluding hydrogens is 442 g/mol. The van der Waals surface area contributed by atoms with Crippen molar-refractivity contribution in [1.29, 1.82) is 0 Å². The summed E-state index contributed by atoms with van der Waals surface area (Å²) in [6.07, 6.45) is -0.169. The molecule has 1 aliphatic heterocycles. The van der Waals surface area contributed by atoms with Crippen LogP contribution in [0.1, 0.15) is 34.8 Å². The molecule has 2 amide bonds. The average Bonchev–Trinajstić information content (AvgIpc) is 2.95. The minimum absolute atomic E-state index is 0.152. The number of halogens is 2. The van der Waals surface area contributed by atoms with Crippen molar-refractivity contribution >= 4 is 17.5 Å². The third kappa shape index (κ3) is 4.85. The Morgan fingerprint density at radius 2 is 1.85 bits per heavy atom. The Hall–Kier alpha value is -3.94. The van der Waals surface area contributed by atoms with E-state index >= 15 is 0 Å².